The minimum atomic E-state index is -0.979. The molecule has 1 heterocycles. The number of piperazine rings is 1. The summed E-state index contributed by atoms with van der Waals surface area (Å²) >= 11 is 5.93. The topological polar surface area (TPSA) is 49.4 Å². The second-order valence-corrected chi connectivity index (χ2v) is 5.44. The molecule has 0 unspecified atom stereocenters. The van der Waals surface area contributed by atoms with Crippen molar-refractivity contribution in [3.05, 3.63) is 34.6 Å². The molecule has 0 atom stereocenters. The minimum Gasteiger partial charge on any atom is -0.341 e. The number of amides is 2. The third-order valence-electron chi connectivity index (χ3n) is 3.02. The van der Waals surface area contributed by atoms with Crippen LogP contribution in [0, 0.1) is 5.82 Å². The van der Waals surface area contributed by atoms with Gasteiger partial charge in [-0.25, -0.2) is 4.39 Å². The van der Waals surface area contributed by atoms with E-state index in [0.29, 0.717) is 0 Å². The van der Waals surface area contributed by atoms with Crippen molar-refractivity contribution in [3.8, 4) is 0 Å². The van der Waals surface area contributed by atoms with Crippen LogP contribution in [0.4, 0.5) is 4.39 Å². The largest absolute Gasteiger partial charge is 0.341 e. The number of hydrogen-bond acceptors (Lipinski definition) is 2. The SMILES string of the molecule is CC1(C)NC(=O)CN(Cc2c(F)cccc2Cl)C1=O. The zero-order valence-corrected chi connectivity index (χ0v) is 11.4. The number of halogens is 2. The predicted molar refractivity (Wildman–Crippen MR) is 69.0 cm³/mol. The molecule has 0 aliphatic carbocycles. The molecule has 4 nitrogen and oxygen atoms in total. The van der Waals surface area contributed by atoms with Gasteiger partial charge in [-0.05, 0) is 26.0 Å². The first-order valence-electron chi connectivity index (χ1n) is 5.84. The lowest BCUT2D eigenvalue weighted by Gasteiger charge is -2.37. The zero-order valence-electron chi connectivity index (χ0n) is 10.7. The van der Waals surface area contributed by atoms with Gasteiger partial charge in [0.25, 0.3) is 0 Å². The number of nitrogens with zero attached hydrogens (tertiary/aromatic N) is 1. The standard InChI is InChI=1S/C13H14ClFN2O2/c1-13(2)12(19)17(7-11(18)16-13)6-8-9(14)4-3-5-10(8)15/h3-5H,6-7H2,1-2H3,(H,16,18). The lowest BCUT2D eigenvalue weighted by atomic mass is 10.00. The molecule has 6 heteroatoms. The van der Waals surface area contributed by atoms with Crippen molar-refractivity contribution in [1.29, 1.82) is 0 Å². The van der Waals surface area contributed by atoms with E-state index in [1.54, 1.807) is 19.9 Å². The van der Waals surface area contributed by atoms with E-state index < -0.39 is 11.4 Å². The van der Waals surface area contributed by atoms with E-state index in [1.165, 1.54) is 17.0 Å². The van der Waals surface area contributed by atoms with Crippen LogP contribution in [0.25, 0.3) is 0 Å². The molecule has 2 rings (SSSR count). The van der Waals surface area contributed by atoms with Crippen molar-refractivity contribution in [1.82, 2.24) is 10.2 Å². The Kier molecular flexibility index (Phi) is 3.49. The van der Waals surface area contributed by atoms with Gasteiger partial charge in [0.15, 0.2) is 0 Å². The molecule has 0 aromatic heterocycles. The van der Waals surface area contributed by atoms with E-state index in [1.807, 2.05) is 0 Å². The van der Waals surface area contributed by atoms with E-state index >= 15 is 0 Å². The maximum Gasteiger partial charge on any atom is 0.248 e. The van der Waals surface area contributed by atoms with Gasteiger partial charge in [0.1, 0.15) is 11.4 Å². The summed E-state index contributed by atoms with van der Waals surface area (Å²) in [5.41, 5.74) is -0.754. The van der Waals surface area contributed by atoms with Crippen molar-refractivity contribution in [2.45, 2.75) is 25.9 Å². The van der Waals surface area contributed by atoms with Crippen LogP contribution in [-0.2, 0) is 16.1 Å². The first kappa shape index (κ1) is 13.8. The van der Waals surface area contributed by atoms with E-state index in [4.69, 9.17) is 11.6 Å². The van der Waals surface area contributed by atoms with E-state index in [2.05, 4.69) is 5.32 Å². The number of nitrogens with one attached hydrogen (secondary N) is 1. The molecule has 1 N–H and O–H groups in total. The lowest BCUT2D eigenvalue weighted by molar-refractivity contribution is -0.149. The Hall–Kier alpha value is -1.62. The molecule has 0 radical (unpaired) electrons. The average Bonchev–Trinajstić information content (AvgIpc) is 2.29. The summed E-state index contributed by atoms with van der Waals surface area (Å²) in [5.74, 6) is -1.01. The Morgan fingerprint density at radius 3 is 2.74 bits per heavy atom. The first-order valence-corrected chi connectivity index (χ1v) is 6.22. The zero-order chi connectivity index (χ0) is 14.2. The summed E-state index contributed by atoms with van der Waals surface area (Å²) in [5, 5.41) is 2.84. The van der Waals surface area contributed by atoms with Crippen LogP contribution >= 0.6 is 11.6 Å². The molecule has 1 saturated heterocycles. The fraction of sp³-hybridized carbons (Fsp3) is 0.385. The summed E-state index contributed by atoms with van der Waals surface area (Å²) in [4.78, 5) is 25.0. The molecule has 1 aromatic rings. The van der Waals surface area contributed by atoms with Gasteiger partial charge < -0.3 is 10.2 Å². The predicted octanol–water partition coefficient (Wildman–Crippen LogP) is 1.72. The van der Waals surface area contributed by atoms with Gasteiger partial charge in [-0.1, -0.05) is 17.7 Å². The number of carbonyl (C=O) groups excluding carboxylic acids is 2. The van der Waals surface area contributed by atoms with Gasteiger partial charge in [-0.2, -0.15) is 0 Å². The number of benzene rings is 1. The van der Waals surface area contributed by atoms with Crippen molar-refractivity contribution in [2.75, 3.05) is 6.54 Å². The van der Waals surface area contributed by atoms with Crippen molar-refractivity contribution in [3.63, 3.8) is 0 Å². The molecule has 0 spiro atoms. The number of rotatable bonds is 2. The van der Waals surface area contributed by atoms with Crippen molar-refractivity contribution < 1.29 is 14.0 Å². The summed E-state index contributed by atoms with van der Waals surface area (Å²) in [7, 11) is 0. The maximum atomic E-state index is 13.7. The normalized spacial score (nSPS) is 18.4. The van der Waals surface area contributed by atoms with Gasteiger partial charge in [0, 0.05) is 10.6 Å². The van der Waals surface area contributed by atoms with Crippen LogP contribution in [0.1, 0.15) is 19.4 Å². The Bertz CT molecular complexity index is 525. The van der Waals surface area contributed by atoms with Crippen LogP contribution < -0.4 is 5.32 Å². The van der Waals surface area contributed by atoms with E-state index in [9.17, 15) is 14.0 Å². The Labute approximate surface area is 115 Å². The Morgan fingerprint density at radius 1 is 1.42 bits per heavy atom. The van der Waals surface area contributed by atoms with Crippen LogP contribution in [0.3, 0.4) is 0 Å². The Morgan fingerprint density at radius 2 is 2.11 bits per heavy atom. The molecule has 1 aliphatic rings. The van der Waals surface area contributed by atoms with Gasteiger partial charge in [-0.15, -0.1) is 0 Å². The fourth-order valence-corrected chi connectivity index (χ4v) is 2.31. The summed E-state index contributed by atoms with van der Waals surface area (Å²) in [6.07, 6.45) is 0. The highest BCUT2D eigenvalue weighted by molar-refractivity contribution is 6.31. The van der Waals surface area contributed by atoms with E-state index in [-0.39, 0.29) is 35.5 Å². The summed E-state index contributed by atoms with van der Waals surface area (Å²) < 4.78 is 13.7. The average molecular weight is 285 g/mol. The van der Waals surface area contributed by atoms with Crippen LogP contribution in [-0.4, -0.2) is 28.8 Å². The third-order valence-corrected chi connectivity index (χ3v) is 3.37. The molecule has 1 aromatic carbocycles. The monoisotopic (exact) mass is 284 g/mol. The van der Waals surface area contributed by atoms with Crippen LogP contribution in [0.5, 0.6) is 0 Å². The smallest absolute Gasteiger partial charge is 0.248 e. The first-order chi connectivity index (χ1) is 8.81. The molecular formula is C13H14ClFN2O2. The van der Waals surface area contributed by atoms with Gasteiger partial charge in [0.05, 0.1) is 13.1 Å². The second-order valence-electron chi connectivity index (χ2n) is 5.03. The molecule has 0 bridgehead atoms. The summed E-state index contributed by atoms with van der Waals surface area (Å²) in [6.45, 7) is 3.12. The van der Waals surface area contributed by atoms with Crippen LogP contribution in [0.15, 0.2) is 18.2 Å². The Balaban J connectivity index is 2.27. The van der Waals surface area contributed by atoms with E-state index in [0.717, 1.165) is 0 Å². The fourth-order valence-electron chi connectivity index (χ4n) is 2.08. The quantitative estimate of drug-likeness (QED) is 0.899. The number of carbonyl (C=O) groups is 2. The van der Waals surface area contributed by atoms with Gasteiger partial charge in [-0.3, -0.25) is 9.59 Å². The molecule has 1 fully saturated rings. The molecular weight excluding hydrogens is 271 g/mol. The molecule has 102 valence electrons. The minimum absolute atomic E-state index is 0.0127. The highest BCUT2D eigenvalue weighted by Crippen LogP contribution is 2.23. The number of hydrogen-bond donors (Lipinski definition) is 1. The third kappa shape index (κ3) is 2.71. The van der Waals surface area contributed by atoms with Crippen molar-refractivity contribution in [2.24, 2.45) is 0 Å². The highest BCUT2D eigenvalue weighted by Gasteiger charge is 2.39. The molecule has 2 amide bonds. The molecule has 1 aliphatic heterocycles. The maximum absolute atomic E-state index is 13.7. The molecule has 19 heavy (non-hydrogen) atoms. The summed E-state index contributed by atoms with van der Waals surface area (Å²) in [6, 6.07) is 4.33. The van der Waals surface area contributed by atoms with Crippen molar-refractivity contribution >= 4 is 23.4 Å². The second kappa shape index (κ2) is 4.81. The van der Waals surface area contributed by atoms with Gasteiger partial charge in [0.2, 0.25) is 11.8 Å². The lowest BCUT2D eigenvalue weighted by Crippen LogP contribution is -2.63. The molecule has 0 saturated carbocycles. The highest BCUT2D eigenvalue weighted by atomic mass is 35.5. The van der Waals surface area contributed by atoms with Gasteiger partial charge >= 0.3 is 0 Å². The van der Waals surface area contributed by atoms with Crippen LogP contribution in [0.2, 0.25) is 5.02 Å².